The van der Waals surface area contributed by atoms with Crippen molar-refractivity contribution >= 4 is 16.5 Å². The minimum atomic E-state index is 0.0276. The second kappa shape index (κ2) is 3.63. The first kappa shape index (κ1) is 8.96. The summed E-state index contributed by atoms with van der Waals surface area (Å²) in [6.45, 7) is 3.78. The Kier molecular flexibility index (Phi) is 2.32. The maximum atomic E-state index is 5.53. The topological polar surface area (TPSA) is 56.7 Å². The molecule has 0 bridgehead atoms. The molecule has 2 N–H and O–H groups in total. The van der Waals surface area contributed by atoms with Crippen LogP contribution in [0.15, 0.2) is 37.2 Å². The van der Waals surface area contributed by atoms with Crippen molar-refractivity contribution in [2.75, 3.05) is 5.73 Å². The third-order valence-corrected chi connectivity index (χ3v) is 2.70. The zero-order valence-corrected chi connectivity index (χ0v) is 8.31. The van der Waals surface area contributed by atoms with Gasteiger partial charge in [-0.3, -0.25) is 0 Å². The lowest BCUT2D eigenvalue weighted by molar-refractivity contribution is 0.691. The Hall–Kier alpha value is -1.62. The maximum Gasteiger partial charge on any atom is 0.203 e. The van der Waals surface area contributed by atoms with E-state index in [1.165, 1.54) is 11.3 Å². The minimum absolute atomic E-state index is 0.0276. The van der Waals surface area contributed by atoms with Gasteiger partial charge in [0, 0.05) is 12.4 Å². The fourth-order valence-electron chi connectivity index (χ4n) is 1.25. The van der Waals surface area contributed by atoms with Crippen molar-refractivity contribution in [2.45, 2.75) is 6.04 Å². The fraction of sp³-hybridized carbons (Fsp3) is 0.111. The Morgan fingerprint density at radius 1 is 1.43 bits per heavy atom. The molecule has 0 aliphatic rings. The van der Waals surface area contributed by atoms with Crippen LogP contribution in [0, 0.1) is 0 Å². The highest BCUT2D eigenvalue weighted by Gasteiger charge is 2.13. The average Bonchev–Trinajstić information content (AvgIpc) is 2.79. The lowest BCUT2D eigenvalue weighted by Gasteiger charge is -2.09. The zero-order valence-electron chi connectivity index (χ0n) is 7.50. The first-order valence-electron chi connectivity index (χ1n) is 4.15. The predicted molar refractivity (Wildman–Crippen MR) is 57.1 cm³/mol. The van der Waals surface area contributed by atoms with E-state index < -0.39 is 0 Å². The summed E-state index contributed by atoms with van der Waals surface area (Å²) in [5.41, 5.74) is 5.53. The van der Waals surface area contributed by atoms with E-state index in [4.69, 9.17) is 5.73 Å². The number of hydrogen-bond acceptors (Lipinski definition) is 4. The summed E-state index contributed by atoms with van der Waals surface area (Å²) in [5.74, 6) is 0. The summed E-state index contributed by atoms with van der Waals surface area (Å²) in [4.78, 5) is 0. The Morgan fingerprint density at radius 3 is 2.64 bits per heavy atom. The normalized spacial score (nSPS) is 12.6. The molecular formula is C9H10N4S. The van der Waals surface area contributed by atoms with Gasteiger partial charge in [-0.1, -0.05) is 17.4 Å². The highest BCUT2D eigenvalue weighted by molar-refractivity contribution is 7.15. The number of nitrogens with two attached hydrogens (primary N) is 1. The largest absolute Gasteiger partial charge is 0.374 e. The van der Waals surface area contributed by atoms with Crippen molar-refractivity contribution in [1.82, 2.24) is 14.8 Å². The summed E-state index contributed by atoms with van der Waals surface area (Å²) in [7, 11) is 0. The summed E-state index contributed by atoms with van der Waals surface area (Å²) in [6.07, 6.45) is 5.74. The van der Waals surface area contributed by atoms with Crippen LogP contribution in [0.2, 0.25) is 0 Å². The van der Waals surface area contributed by atoms with Gasteiger partial charge >= 0.3 is 0 Å². The molecule has 0 aliphatic carbocycles. The van der Waals surface area contributed by atoms with E-state index >= 15 is 0 Å². The van der Waals surface area contributed by atoms with E-state index in [0.29, 0.717) is 5.13 Å². The molecule has 0 saturated heterocycles. The quantitative estimate of drug-likeness (QED) is 0.777. The van der Waals surface area contributed by atoms with Crippen molar-refractivity contribution in [3.05, 3.63) is 42.2 Å². The van der Waals surface area contributed by atoms with Crippen molar-refractivity contribution in [1.29, 1.82) is 0 Å². The van der Waals surface area contributed by atoms with Gasteiger partial charge in [0.05, 0.1) is 0 Å². The molecule has 1 atom stereocenters. The standard InChI is InChI=1S/C9H10N4S/c1-2-7(13-5-3-4-6-13)8-11-12-9(10)14-8/h2-7H,1H2,(H2,10,12). The van der Waals surface area contributed by atoms with E-state index in [2.05, 4.69) is 16.8 Å². The summed E-state index contributed by atoms with van der Waals surface area (Å²) in [6, 6.07) is 3.95. The predicted octanol–water partition coefficient (Wildman–Crippen LogP) is 1.70. The van der Waals surface area contributed by atoms with Crippen LogP contribution in [-0.2, 0) is 0 Å². The SMILES string of the molecule is C=CC(c1nnc(N)s1)n1cccc1. The fourth-order valence-corrected chi connectivity index (χ4v) is 1.97. The molecule has 0 amide bonds. The van der Waals surface area contributed by atoms with Crippen LogP contribution in [0.5, 0.6) is 0 Å². The molecular weight excluding hydrogens is 196 g/mol. The molecule has 14 heavy (non-hydrogen) atoms. The van der Waals surface area contributed by atoms with Crippen LogP contribution in [0.1, 0.15) is 11.0 Å². The third-order valence-electron chi connectivity index (χ3n) is 1.88. The Balaban J connectivity index is 2.35. The molecule has 0 fully saturated rings. The lowest BCUT2D eigenvalue weighted by Crippen LogP contribution is -2.04. The Labute approximate surface area is 85.7 Å². The van der Waals surface area contributed by atoms with Crippen LogP contribution in [-0.4, -0.2) is 14.8 Å². The number of nitrogen functional groups attached to an aromatic ring is 1. The highest BCUT2D eigenvalue weighted by Crippen LogP contribution is 2.23. The molecule has 2 rings (SSSR count). The first-order chi connectivity index (χ1) is 6.81. The van der Waals surface area contributed by atoms with E-state index in [9.17, 15) is 0 Å². The highest BCUT2D eigenvalue weighted by atomic mass is 32.1. The molecule has 0 saturated carbocycles. The number of anilines is 1. The lowest BCUT2D eigenvalue weighted by atomic mass is 10.3. The summed E-state index contributed by atoms with van der Waals surface area (Å²) >= 11 is 1.38. The Bertz CT molecular complexity index is 418. The molecule has 0 radical (unpaired) electrons. The van der Waals surface area contributed by atoms with Gasteiger partial charge in [0.2, 0.25) is 5.13 Å². The van der Waals surface area contributed by atoms with Crippen LogP contribution in [0.25, 0.3) is 0 Å². The van der Waals surface area contributed by atoms with E-state index in [-0.39, 0.29) is 6.04 Å². The Morgan fingerprint density at radius 2 is 2.14 bits per heavy atom. The van der Waals surface area contributed by atoms with Gasteiger partial charge in [-0.05, 0) is 12.1 Å². The van der Waals surface area contributed by atoms with E-state index in [1.807, 2.05) is 35.2 Å². The van der Waals surface area contributed by atoms with Crippen molar-refractivity contribution < 1.29 is 0 Å². The average molecular weight is 206 g/mol. The molecule has 0 spiro atoms. The molecule has 0 aliphatic heterocycles. The van der Waals surface area contributed by atoms with Crippen LogP contribution < -0.4 is 5.73 Å². The van der Waals surface area contributed by atoms with Gasteiger partial charge < -0.3 is 10.3 Å². The number of rotatable bonds is 3. The van der Waals surface area contributed by atoms with E-state index in [1.54, 1.807) is 0 Å². The van der Waals surface area contributed by atoms with Crippen LogP contribution in [0.4, 0.5) is 5.13 Å². The molecule has 2 aromatic rings. The maximum absolute atomic E-state index is 5.53. The molecule has 5 heteroatoms. The molecule has 72 valence electrons. The van der Waals surface area contributed by atoms with E-state index in [0.717, 1.165) is 5.01 Å². The number of aromatic nitrogens is 3. The van der Waals surface area contributed by atoms with Crippen LogP contribution >= 0.6 is 11.3 Å². The third kappa shape index (κ3) is 1.54. The molecule has 2 heterocycles. The van der Waals surface area contributed by atoms with Gasteiger partial charge in [0.25, 0.3) is 0 Å². The van der Waals surface area contributed by atoms with Gasteiger partial charge in [-0.15, -0.1) is 16.8 Å². The molecule has 4 nitrogen and oxygen atoms in total. The van der Waals surface area contributed by atoms with Crippen LogP contribution in [0.3, 0.4) is 0 Å². The van der Waals surface area contributed by atoms with Crippen molar-refractivity contribution in [3.63, 3.8) is 0 Å². The second-order valence-corrected chi connectivity index (χ2v) is 3.83. The molecule has 2 aromatic heterocycles. The zero-order chi connectivity index (χ0) is 9.97. The summed E-state index contributed by atoms with van der Waals surface area (Å²) < 4.78 is 2.01. The van der Waals surface area contributed by atoms with Gasteiger partial charge in [0.15, 0.2) is 0 Å². The molecule has 1 unspecified atom stereocenters. The van der Waals surface area contributed by atoms with Crippen molar-refractivity contribution in [3.8, 4) is 0 Å². The second-order valence-electron chi connectivity index (χ2n) is 2.79. The summed E-state index contributed by atoms with van der Waals surface area (Å²) in [5, 5.41) is 9.12. The monoisotopic (exact) mass is 206 g/mol. The van der Waals surface area contributed by atoms with Crippen molar-refractivity contribution in [2.24, 2.45) is 0 Å². The minimum Gasteiger partial charge on any atom is -0.374 e. The first-order valence-corrected chi connectivity index (χ1v) is 4.97. The van der Waals surface area contributed by atoms with Gasteiger partial charge in [-0.25, -0.2) is 0 Å². The van der Waals surface area contributed by atoms with Gasteiger partial charge in [0.1, 0.15) is 11.0 Å². The molecule has 0 aromatic carbocycles. The number of allylic oxidation sites excluding steroid dienone is 1. The number of hydrogen-bond donors (Lipinski definition) is 1. The number of nitrogens with zero attached hydrogens (tertiary/aromatic N) is 3. The van der Waals surface area contributed by atoms with Gasteiger partial charge in [-0.2, -0.15) is 0 Å². The smallest absolute Gasteiger partial charge is 0.203 e.